The van der Waals surface area contributed by atoms with Gasteiger partial charge < -0.3 is 76.2 Å². The van der Waals surface area contributed by atoms with Gasteiger partial charge in [0, 0.05) is 0 Å². The second-order valence-electron chi connectivity index (χ2n) is 24.7. The third-order valence-electron chi connectivity index (χ3n) is 17.6. The number of hydrogen-bond acceptors (Lipinski definition) is 16. The van der Waals surface area contributed by atoms with Crippen LogP contribution in [0.5, 0.6) is 5.75 Å². The Hall–Kier alpha value is -7.82. The Bertz CT molecular complexity index is 3650. The van der Waals surface area contributed by atoms with Crippen LogP contribution >= 0.6 is 0 Å². The van der Waals surface area contributed by atoms with E-state index in [2.05, 4.69) is 0 Å². The van der Waals surface area contributed by atoms with Crippen molar-refractivity contribution in [1.82, 2.24) is 0 Å². The number of ether oxygens (including phenoxy) is 15. The van der Waals surface area contributed by atoms with E-state index in [1.807, 2.05) is 274 Å². The van der Waals surface area contributed by atoms with Gasteiger partial charge in [0.15, 0.2) is 18.9 Å². The zero-order valence-electron chi connectivity index (χ0n) is 55.4. The van der Waals surface area contributed by atoms with E-state index in [1.165, 1.54) is 0 Å². The first-order chi connectivity index (χ1) is 48.4. The summed E-state index contributed by atoms with van der Waals surface area (Å²) >= 11 is 0. The van der Waals surface area contributed by atoms with Crippen LogP contribution in [0.15, 0.2) is 267 Å². The fourth-order valence-electron chi connectivity index (χ4n) is 12.4. The Balaban J connectivity index is 0.956. The van der Waals surface area contributed by atoms with Crippen LogP contribution in [-0.4, -0.2) is 118 Å². The van der Waals surface area contributed by atoms with E-state index in [0.717, 1.165) is 55.8 Å². The van der Waals surface area contributed by atoms with Gasteiger partial charge in [-0.2, -0.15) is 0 Å². The molecule has 16 heteroatoms. The highest BCUT2D eigenvalue weighted by Gasteiger charge is 2.57. The summed E-state index contributed by atoms with van der Waals surface area (Å²) in [5, 5.41) is 12.3. The molecule has 3 fully saturated rings. The minimum atomic E-state index is -1.48. The lowest BCUT2D eigenvalue weighted by Gasteiger charge is -2.51. The van der Waals surface area contributed by atoms with E-state index in [1.54, 1.807) is 7.11 Å². The highest BCUT2D eigenvalue weighted by atomic mass is 16.8. The van der Waals surface area contributed by atoms with Gasteiger partial charge in [-0.05, 0) is 69.1 Å². The van der Waals surface area contributed by atoms with E-state index in [9.17, 15) is 5.11 Å². The molecule has 0 bridgehead atoms. The first-order valence-electron chi connectivity index (χ1n) is 33.7. The Kier molecular flexibility index (Phi) is 26.3. The molecule has 9 aromatic carbocycles. The second kappa shape index (κ2) is 36.8. The molecule has 0 spiro atoms. The summed E-state index contributed by atoms with van der Waals surface area (Å²) in [4.78, 5) is 0. The van der Waals surface area contributed by atoms with Crippen LogP contribution in [-0.2, 0) is 126 Å². The van der Waals surface area contributed by atoms with E-state index in [4.69, 9.17) is 71.1 Å². The molecule has 0 radical (unpaired) electrons. The van der Waals surface area contributed by atoms with Gasteiger partial charge in [0.25, 0.3) is 0 Å². The van der Waals surface area contributed by atoms with Gasteiger partial charge in [-0.15, -0.1) is 0 Å². The topological polar surface area (TPSA) is 159 Å². The molecule has 3 aliphatic rings. The molecule has 512 valence electrons. The van der Waals surface area contributed by atoms with Crippen LogP contribution in [0.2, 0.25) is 0 Å². The van der Waals surface area contributed by atoms with Crippen LogP contribution in [0.4, 0.5) is 0 Å². The van der Waals surface area contributed by atoms with Gasteiger partial charge in [0.2, 0.25) is 0 Å². The molecule has 0 aliphatic carbocycles. The molecule has 0 saturated carbocycles. The molecular weight excluding hydrogens is 1240 g/mol. The van der Waals surface area contributed by atoms with Crippen molar-refractivity contribution in [3.05, 3.63) is 317 Å². The van der Waals surface area contributed by atoms with Crippen molar-refractivity contribution in [2.45, 2.75) is 159 Å². The molecule has 3 aliphatic heterocycles. The first kappa shape index (κ1) is 70.1. The SMILES string of the molecule is COc1ccc(CO[C@@H]2[C@H](OCc3ccccc3)[C@@H](OCc3ccccc3)[C@H](O[C@H]3[C@H](OCc4ccccc4)[C@@H](OCc4ccccc4)[C@@H](O[C@H]4[C@H](OCc5ccccc5)[C@@H](OCc5ccccc5)[C@H](O)O[C@@H]4COCc4ccccc4)O[C@@H]3COCc3ccccc3)O[C@@H]2C)cc1. The average molecular weight is 1330 g/mol. The summed E-state index contributed by atoms with van der Waals surface area (Å²) in [6, 6.07) is 87.1. The Morgan fingerprint density at radius 1 is 0.276 bits per heavy atom. The van der Waals surface area contributed by atoms with Crippen molar-refractivity contribution >= 4 is 0 Å². The lowest BCUT2D eigenvalue weighted by Crippen LogP contribution is -2.67. The second-order valence-corrected chi connectivity index (χ2v) is 24.7. The fraction of sp³-hybridized carbons (Fsp3) is 0.341. The number of aliphatic hydroxyl groups is 1. The van der Waals surface area contributed by atoms with E-state index in [0.29, 0.717) is 0 Å². The number of hydrogen-bond donors (Lipinski definition) is 1. The van der Waals surface area contributed by atoms with Crippen LogP contribution in [0.25, 0.3) is 0 Å². The quantitative estimate of drug-likeness (QED) is 0.0406. The standard InChI is InChI=1S/C82H88O16/c1-58-71(87-55-67-43-45-68(84-2)46-44-67)74(88-49-61-31-15-5-16-32-61)78(92-53-65-39-23-9-24-40-65)81(94-58)97-73-70(57-86-48-60-29-13-4-14-30-60)96-82(79(93-54-66-41-25-10-26-42-66)76(73)90-51-63-35-19-7-20-36-63)98-72-69(56-85-47-59-27-11-3-12-28-59)95-80(83)77(91-52-64-37-21-8-22-38-64)75(72)89-50-62-33-17-6-18-34-62/h3-46,58,69-83H,47-57H2,1-2H3/t58-,69-,70-,71+,72-,73-,74+,75+,76+,77-,78-,79-,80-,81+,82-/m1/s1. The number of benzene rings is 9. The largest absolute Gasteiger partial charge is 0.497 e. The van der Waals surface area contributed by atoms with Gasteiger partial charge in [0.1, 0.15) is 72.9 Å². The summed E-state index contributed by atoms with van der Waals surface area (Å²) < 4.78 is 105. The minimum Gasteiger partial charge on any atom is -0.497 e. The van der Waals surface area contributed by atoms with Gasteiger partial charge >= 0.3 is 0 Å². The van der Waals surface area contributed by atoms with Gasteiger partial charge in [-0.25, -0.2) is 0 Å². The summed E-state index contributed by atoms with van der Waals surface area (Å²) in [5.41, 5.74) is 8.26. The van der Waals surface area contributed by atoms with Crippen molar-refractivity contribution in [2.75, 3.05) is 20.3 Å². The Morgan fingerprint density at radius 3 is 0.888 bits per heavy atom. The third-order valence-corrected chi connectivity index (χ3v) is 17.6. The highest BCUT2D eigenvalue weighted by molar-refractivity contribution is 5.27. The maximum absolute atomic E-state index is 12.3. The van der Waals surface area contributed by atoms with E-state index < -0.39 is 92.1 Å². The molecule has 0 unspecified atom stereocenters. The average Bonchev–Trinajstić information content (AvgIpc) is 0.769. The predicted molar refractivity (Wildman–Crippen MR) is 368 cm³/mol. The third kappa shape index (κ3) is 20.0. The lowest BCUT2D eigenvalue weighted by molar-refractivity contribution is -0.392. The summed E-state index contributed by atoms with van der Waals surface area (Å²) in [7, 11) is 1.65. The maximum atomic E-state index is 12.3. The first-order valence-corrected chi connectivity index (χ1v) is 33.7. The number of rotatable bonds is 34. The summed E-state index contributed by atoms with van der Waals surface area (Å²) in [6.07, 6.45) is -15.3. The van der Waals surface area contributed by atoms with Crippen molar-refractivity contribution in [2.24, 2.45) is 0 Å². The van der Waals surface area contributed by atoms with Crippen LogP contribution in [0.3, 0.4) is 0 Å². The molecule has 3 saturated heterocycles. The Morgan fingerprint density at radius 2 is 0.541 bits per heavy atom. The molecule has 15 atom stereocenters. The van der Waals surface area contributed by atoms with Gasteiger partial charge in [-0.1, -0.05) is 255 Å². The molecule has 9 aromatic rings. The van der Waals surface area contributed by atoms with E-state index >= 15 is 0 Å². The van der Waals surface area contributed by atoms with E-state index in [-0.39, 0.29) is 72.7 Å². The van der Waals surface area contributed by atoms with Crippen molar-refractivity contribution < 1.29 is 76.2 Å². The molecule has 0 amide bonds. The van der Waals surface area contributed by atoms with Gasteiger partial charge in [-0.3, -0.25) is 0 Å². The fourth-order valence-corrected chi connectivity index (χ4v) is 12.4. The molecular formula is C82H88O16. The van der Waals surface area contributed by atoms with Gasteiger partial charge in [0.05, 0.1) is 85.9 Å². The summed E-state index contributed by atoms with van der Waals surface area (Å²) in [6.45, 7) is 3.51. The predicted octanol–water partition coefficient (Wildman–Crippen LogP) is 13.5. The van der Waals surface area contributed by atoms with Crippen molar-refractivity contribution in [3.63, 3.8) is 0 Å². The number of aliphatic hydroxyl groups excluding tert-OH is 1. The lowest BCUT2D eigenvalue weighted by atomic mass is 9.95. The zero-order chi connectivity index (χ0) is 66.9. The summed E-state index contributed by atoms with van der Waals surface area (Å²) in [5.74, 6) is 0.736. The molecule has 16 nitrogen and oxygen atoms in total. The molecule has 3 heterocycles. The molecule has 98 heavy (non-hydrogen) atoms. The van der Waals surface area contributed by atoms with Crippen LogP contribution in [0, 0.1) is 0 Å². The minimum absolute atomic E-state index is 0.0291. The monoisotopic (exact) mass is 1330 g/mol. The molecule has 1 N–H and O–H groups in total. The Labute approximate surface area is 575 Å². The van der Waals surface area contributed by atoms with Crippen molar-refractivity contribution in [3.8, 4) is 5.75 Å². The number of methoxy groups -OCH3 is 1. The van der Waals surface area contributed by atoms with Crippen molar-refractivity contribution in [1.29, 1.82) is 0 Å². The molecule has 12 rings (SSSR count). The zero-order valence-corrected chi connectivity index (χ0v) is 55.4. The maximum Gasteiger partial charge on any atom is 0.187 e. The normalized spacial score (nSPS) is 25.6. The molecule has 0 aromatic heterocycles. The smallest absolute Gasteiger partial charge is 0.187 e. The highest BCUT2D eigenvalue weighted by Crippen LogP contribution is 2.39. The van der Waals surface area contributed by atoms with Crippen LogP contribution in [0.1, 0.15) is 57.0 Å². The van der Waals surface area contributed by atoms with Crippen LogP contribution < -0.4 is 4.74 Å².